The number of anilines is 2. The molecular formula is C16H11FN6OS2. The number of nitrogens with zero attached hydrogens (tertiary/aromatic N) is 5. The molecule has 4 rings (SSSR count). The van der Waals surface area contributed by atoms with E-state index in [9.17, 15) is 9.18 Å². The van der Waals surface area contributed by atoms with Crippen LogP contribution in [0, 0.1) is 5.82 Å². The van der Waals surface area contributed by atoms with Crippen LogP contribution in [0.3, 0.4) is 0 Å². The molecule has 0 bridgehead atoms. The lowest BCUT2D eigenvalue weighted by atomic mass is 10.2. The van der Waals surface area contributed by atoms with Crippen molar-refractivity contribution in [3.63, 3.8) is 0 Å². The number of halogens is 1. The van der Waals surface area contributed by atoms with Gasteiger partial charge in [0.25, 0.3) is 5.56 Å². The predicted octanol–water partition coefficient (Wildman–Crippen LogP) is 3.28. The van der Waals surface area contributed by atoms with Crippen LogP contribution in [-0.2, 0) is 5.88 Å². The number of hydrogen-bond acceptors (Lipinski definition) is 8. The molecule has 4 aromatic rings. The molecule has 0 aliphatic carbocycles. The van der Waals surface area contributed by atoms with Crippen LogP contribution in [0.25, 0.3) is 10.9 Å². The first-order chi connectivity index (χ1) is 12.7. The van der Waals surface area contributed by atoms with Crippen molar-refractivity contribution >= 4 is 44.8 Å². The molecule has 0 aliphatic rings. The van der Waals surface area contributed by atoms with E-state index in [2.05, 4.69) is 25.8 Å². The molecule has 0 atom stereocenters. The van der Waals surface area contributed by atoms with Crippen LogP contribution in [0.5, 0.6) is 0 Å². The Kier molecular flexibility index (Phi) is 4.59. The summed E-state index contributed by atoms with van der Waals surface area (Å²) < 4.78 is 15.6. The standard InChI is InChI=1S/C16H11FN6OS2/c17-11-6-2-4-8-13(11)18-15-20-21-16(26-15)25-9-23-14(24)10-5-1-3-7-12(10)19-22-23/h1-8H,9H2,(H,18,20). The van der Waals surface area contributed by atoms with E-state index in [0.29, 0.717) is 26.1 Å². The second kappa shape index (κ2) is 7.18. The lowest BCUT2D eigenvalue weighted by Crippen LogP contribution is -2.23. The second-order valence-electron chi connectivity index (χ2n) is 5.16. The summed E-state index contributed by atoms with van der Waals surface area (Å²) in [5, 5.41) is 19.9. The van der Waals surface area contributed by atoms with Gasteiger partial charge in [-0.05, 0) is 24.3 Å². The van der Waals surface area contributed by atoms with Gasteiger partial charge in [-0.25, -0.2) is 4.39 Å². The predicted molar refractivity (Wildman–Crippen MR) is 99.2 cm³/mol. The molecule has 2 aromatic carbocycles. The summed E-state index contributed by atoms with van der Waals surface area (Å²) in [6, 6.07) is 13.4. The quantitative estimate of drug-likeness (QED) is 0.527. The number of aromatic nitrogens is 5. The average molecular weight is 386 g/mol. The van der Waals surface area contributed by atoms with Crippen molar-refractivity contribution in [2.24, 2.45) is 0 Å². The van der Waals surface area contributed by atoms with Crippen LogP contribution >= 0.6 is 23.1 Å². The molecule has 0 saturated carbocycles. The first kappa shape index (κ1) is 16.6. The molecule has 10 heteroatoms. The van der Waals surface area contributed by atoms with E-state index in [4.69, 9.17) is 0 Å². The first-order valence-electron chi connectivity index (χ1n) is 7.51. The Labute approximate surface area is 154 Å². The Bertz CT molecular complexity index is 1130. The third kappa shape index (κ3) is 3.41. The zero-order chi connectivity index (χ0) is 17.9. The highest BCUT2D eigenvalue weighted by Crippen LogP contribution is 2.28. The molecule has 0 amide bonds. The van der Waals surface area contributed by atoms with Gasteiger partial charge in [0, 0.05) is 0 Å². The van der Waals surface area contributed by atoms with E-state index < -0.39 is 0 Å². The van der Waals surface area contributed by atoms with E-state index in [-0.39, 0.29) is 17.3 Å². The largest absolute Gasteiger partial charge is 0.328 e. The number of benzene rings is 2. The molecule has 0 aliphatic heterocycles. The van der Waals surface area contributed by atoms with Crippen LogP contribution in [0.1, 0.15) is 0 Å². The Hall–Kier alpha value is -2.85. The smallest absolute Gasteiger partial charge is 0.278 e. The Balaban J connectivity index is 1.48. The number of thioether (sulfide) groups is 1. The maximum Gasteiger partial charge on any atom is 0.278 e. The van der Waals surface area contributed by atoms with Crippen molar-refractivity contribution in [2.75, 3.05) is 5.32 Å². The van der Waals surface area contributed by atoms with Gasteiger partial charge in [0.15, 0.2) is 4.34 Å². The number of para-hydroxylation sites is 1. The summed E-state index contributed by atoms with van der Waals surface area (Å²) in [6.45, 7) is 0. The normalized spacial score (nSPS) is 11.0. The summed E-state index contributed by atoms with van der Waals surface area (Å²) in [5.74, 6) is -0.111. The van der Waals surface area contributed by atoms with Crippen LogP contribution in [0.4, 0.5) is 15.2 Å². The van der Waals surface area contributed by atoms with Gasteiger partial charge in [0.05, 0.1) is 17.0 Å². The number of hydrogen-bond donors (Lipinski definition) is 1. The van der Waals surface area contributed by atoms with Gasteiger partial charge in [-0.15, -0.1) is 15.3 Å². The van der Waals surface area contributed by atoms with Gasteiger partial charge in [0.2, 0.25) is 5.13 Å². The van der Waals surface area contributed by atoms with Crippen LogP contribution in [0.15, 0.2) is 57.7 Å². The van der Waals surface area contributed by atoms with Gasteiger partial charge in [-0.1, -0.05) is 52.6 Å². The van der Waals surface area contributed by atoms with Crippen molar-refractivity contribution in [3.05, 3.63) is 64.7 Å². The van der Waals surface area contributed by atoms with Crippen LogP contribution < -0.4 is 10.9 Å². The summed E-state index contributed by atoms with van der Waals surface area (Å²) in [5.41, 5.74) is 0.681. The highest BCUT2D eigenvalue weighted by molar-refractivity contribution is 8.00. The molecule has 0 saturated heterocycles. The highest BCUT2D eigenvalue weighted by Gasteiger charge is 2.10. The number of nitrogens with one attached hydrogen (secondary N) is 1. The van der Waals surface area contributed by atoms with Gasteiger partial charge in [0.1, 0.15) is 11.3 Å². The van der Waals surface area contributed by atoms with Gasteiger partial charge in [-0.2, -0.15) is 4.68 Å². The van der Waals surface area contributed by atoms with Crippen molar-refractivity contribution in [3.8, 4) is 0 Å². The van der Waals surface area contributed by atoms with Crippen molar-refractivity contribution in [1.82, 2.24) is 25.2 Å². The van der Waals surface area contributed by atoms with E-state index in [1.807, 2.05) is 0 Å². The highest BCUT2D eigenvalue weighted by atomic mass is 32.2. The Morgan fingerprint density at radius 1 is 1.08 bits per heavy atom. The zero-order valence-corrected chi connectivity index (χ0v) is 14.8. The molecule has 2 aromatic heterocycles. The molecule has 0 unspecified atom stereocenters. The minimum atomic E-state index is -0.366. The summed E-state index contributed by atoms with van der Waals surface area (Å²) in [6.07, 6.45) is 0. The average Bonchev–Trinajstić information content (AvgIpc) is 3.11. The fraction of sp³-hybridized carbons (Fsp3) is 0.0625. The van der Waals surface area contributed by atoms with Gasteiger partial charge in [-0.3, -0.25) is 4.79 Å². The topological polar surface area (TPSA) is 85.6 Å². The van der Waals surface area contributed by atoms with Crippen molar-refractivity contribution < 1.29 is 4.39 Å². The lowest BCUT2D eigenvalue weighted by Gasteiger charge is -2.03. The van der Waals surface area contributed by atoms with Crippen LogP contribution in [-0.4, -0.2) is 25.2 Å². The minimum Gasteiger partial charge on any atom is -0.328 e. The van der Waals surface area contributed by atoms with Gasteiger partial charge < -0.3 is 5.32 Å². The third-order valence-corrected chi connectivity index (χ3v) is 5.40. The molecular weight excluding hydrogens is 375 g/mol. The maximum atomic E-state index is 13.7. The van der Waals surface area contributed by atoms with Gasteiger partial charge >= 0.3 is 0 Å². The van der Waals surface area contributed by atoms with E-state index in [0.717, 1.165) is 0 Å². The lowest BCUT2D eigenvalue weighted by molar-refractivity contribution is 0.632. The molecule has 0 spiro atoms. The number of fused-ring (bicyclic) bond motifs is 1. The maximum absolute atomic E-state index is 13.7. The summed E-state index contributed by atoms with van der Waals surface area (Å²) >= 11 is 2.57. The van der Waals surface area contributed by atoms with Crippen molar-refractivity contribution in [2.45, 2.75) is 10.2 Å². The molecule has 0 radical (unpaired) electrons. The monoisotopic (exact) mass is 386 g/mol. The van der Waals surface area contributed by atoms with Crippen LogP contribution in [0.2, 0.25) is 0 Å². The third-order valence-electron chi connectivity index (χ3n) is 3.46. The SMILES string of the molecule is O=c1c2ccccc2nnn1CSc1nnc(Nc2ccccc2F)s1. The van der Waals surface area contributed by atoms with E-state index in [1.54, 1.807) is 42.5 Å². The zero-order valence-electron chi connectivity index (χ0n) is 13.2. The molecule has 26 heavy (non-hydrogen) atoms. The van der Waals surface area contributed by atoms with Crippen molar-refractivity contribution in [1.29, 1.82) is 0 Å². The molecule has 130 valence electrons. The summed E-state index contributed by atoms with van der Waals surface area (Å²) in [4.78, 5) is 12.4. The number of rotatable bonds is 5. The first-order valence-corrected chi connectivity index (χ1v) is 9.31. The fourth-order valence-corrected chi connectivity index (χ4v) is 3.84. The Morgan fingerprint density at radius 2 is 1.88 bits per heavy atom. The van der Waals surface area contributed by atoms with E-state index in [1.165, 1.54) is 33.8 Å². The molecule has 0 fully saturated rings. The molecule has 1 N–H and O–H groups in total. The van der Waals surface area contributed by atoms with E-state index >= 15 is 0 Å². The fourth-order valence-electron chi connectivity index (χ4n) is 2.22. The molecule has 7 nitrogen and oxygen atoms in total. The Morgan fingerprint density at radius 3 is 2.77 bits per heavy atom. The minimum absolute atomic E-state index is 0.211. The molecule has 2 heterocycles. The summed E-state index contributed by atoms with van der Waals surface area (Å²) in [7, 11) is 0. The second-order valence-corrected chi connectivity index (χ2v) is 7.33.